The molecule has 0 atom stereocenters. The molecular formula is C18H17NS. The molecule has 1 heterocycles. The summed E-state index contributed by atoms with van der Waals surface area (Å²) in [5.41, 5.74) is 3.83. The zero-order valence-corrected chi connectivity index (χ0v) is 12.2. The fraction of sp³-hybridized carbons (Fsp3) is 0.111. The predicted molar refractivity (Wildman–Crippen MR) is 88.1 cm³/mol. The molecule has 0 radical (unpaired) electrons. The third-order valence-electron chi connectivity index (χ3n) is 3.38. The maximum absolute atomic E-state index is 3.89. The van der Waals surface area contributed by atoms with Gasteiger partial charge in [0.05, 0.1) is 11.4 Å². The van der Waals surface area contributed by atoms with E-state index >= 15 is 0 Å². The van der Waals surface area contributed by atoms with Crippen molar-refractivity contribution < 1.29 is 0 Å². The van der Waals surface area contributed by atoms with E-state index in [2.05, 4.69) is 60.5 Å². The maximum atomic E-state index is 3.89. The third kappa shape index (κ3) is 2.27. The molecule has 0 saturated heterocycles. The molecule has 20 heavy (non-hydrogen) atoms. The number of hydrogen-bond acceptors (Lipinski definition) is 2. The van der Waals surface area contributed by atoms with Crippen molar-refractivity contribution in [3.05, 3.63) is 73.3 Å². The molecule has 1 aliphatic rings. The van der Waals surface area contributed by atoms with Gasteiger partial charge in [-0.15, -0.1) is 13.2 Å². The van der Waals surface area contributed by atoms with Crippen molar-refractivity contribution in [2.24, 2.45) is 0 Å². The number of hydrogen-bond donors (Lipinski definition) is 0. The Morgan fingerprint density at radius 3 is 2.55 bits per heavy atom. The Hall–Kier alpha value is -1.93. The summed E-state index contributed by atoms with van der Waals surface area (Å²) < 4.78 is 0. The first-order valence-corrected chi connectivity index (χ1v) is 7.54. The average Bonchev–Trinajstić information content (AvgIpc) is 2.48. The first-order chi connectivity index (χ1) is 9.83. The standard InChI is InChI=1S/C18H17NS/c1-3-7-14-10-11-18-16(13-14)19(12-4-2)15-8-5-6-9-17(15)20-18/h3-6,8-11,13H,1-2,7,12H2. The Labute approximate surface area is 124 Å². The Balaban J connectivity index is 2.11. The molecule has 0 saturated carbocycles. The molecule has 0 N–H and O–H groups in total. The van der Waals surface area contributed by atoms with Gasteiger partial charge in [0.25, 0.3) is 0 Å². The van der Waals surface area contributed by atoms with Crippen LogP contribution in [-0.2, 0) is 6.42 Å². The highest BCUT2D eigenvalue weighted by molar-refractivity contribution is 7.99. The van der Waals surface area contributed by atoms with Crippen LogP contribution in [0.2, 0.25) is 0 Å². The molecule has 2 aromatic carbocycles. The van der Waals surface area contributed by atoms with E-state index in [9.17, 15) is 0 Å². The third-order valence-corrected chi connectivity index (χ3v) is 4.51. The highest BCUT2D eigenvalue weighted by Gasteiger charge is 2.22. The molecule has 1 aliphatic heterocycles. The van der Waals surface area contributed by atoms with E-state index in [-0.39, 0.29) is 0 Å². The summed E-state index contributed by atoms with van der Waals surface area (Å²) in [5, 5.41) is 0. The quantitative estimate of drug-likeness (QED) is 0.707. The van der Waals surface area contributed by atoms with Crippen LogP contribution in [0.15, 0.2) is 77.6 Å². The lowest BCUT2D eigenvalue weighted by molar-refractivity contribution is 1.03. The second-order valence-corrected chi connectivity index (χ2v) is 5.85. The van der Waals surface area contributed by atoms with Crippen molar-refractivity contribution in [3.63, 3.8) is 0 Å². The minimum Gasteiger partial charge on any atom is -0.336 e. The summed E-state index contributed by atoms with van der Waals surface area (Å²) in [6, 6.07) is 15.2. The van der Waals surface area contributed by atoms with Gasteiger partial charge in [-0.3, -0.25) is 0 Å². The normalized spacial score (nSPS) is 12.5. The largest absolute Gasteiger partial charge is 0.336 e. The van der Waals surface area contributed by atoms with Gasteiger partial charge < -0.3 is 4.90 Å². The average molecular weight is 279 g/mol. The summed E-state index contributed by atoms with van der Waals surface area (Å²) in [6.45, 7) is 8.54. The van der Waals surface area contributed by atoms with Gasteiger partial charge in [-0.2, -0.15) is 0 Å². The molecule has 0 amide bonds. The summed E-state index contributed by atoms with van der Waals surface area (Å²) in [7, 11) is 0. The minimum atomic E-state index is 0.822. The number of rotatable bonds is 4. The van der Waals surface area contributed by atoms with Crippen molar-refractivity contribution in [2.45, 2.75) is 16.2 Å². The van der Waals surface area contributed by atoms with Crippen LogP contribution in [0, 0.1) is 0 Å². The van der Waals surface area contributed by atoms with Gasteiger partial charge in [0.2, 0.25) is 0 Å². The van der Waals surface area contributed by atoms with Crippen LogP contribution in [0.25, 0.3) is 0 Å². The lowest BCUT2D eigenvalue weighted by atomic mass is 10.1. The van der Waals surface area contributed by atoms with Gasteiger partial charge >= 0.3 is 0 Å². The molecule has 0 fully saturated rings. The zero-order valence-electron chi connectivity index (χ0n) is 11.4. The Kier molecular flexibility index (Phi) is 3.66. The topological polar surface area (TPSA) is 3.24 Å². The lowest BCUT2D eigenvalue weighted by Gasteiger charge is -2.32. The predicted octanol–water partition coefficient (Wildman–Crippen LogP) is 5.20. The van der Waals surface area contributed by atoms with Crippen LogP contribution >= 0.6 is 11.8 Å². The van der Waals surface area contributed by atoms with Crippen LogP contribution in [-0.4, -0.2) is 6.54 Å². The Morgan fingerprint density at radius 1 is 0.950 bits per heavy atom. The first kappa shape index (κ1) is 13.1. The molecule has 0 aromatic heterocycles. The van der Waals surface area contributed by atoms with Crippen LogP contribution in [0.1, 0.15) is 5.56 Å². The fourth-order valence-electron chi connectivity index (χ4n) is 2.49. The van der Waals surface area contributed by atoms with E-state index in [0.29, 0.717) is 0 Å². The SMILES string of the molecule is C=CCc1ccc2c(c1)N(CC=C)c1ccccc1S2. The fourth-order valence-corrected chi connectivity index (χ4v) is 3.57. The van der Waals surface area contributed by atoms with Gasteiger partial charge in [0.15, 0.2) is 0 Å². The molecule has 0 unspecified atom stereocenters. The van der Waals surface area contributed by atoms with Crippen LogP contribution < -0.4 is 4.90 Å². The number of anilines is 2. The van der Waals surface area contributed by atoms with E-state index in [4.69, 9.17) is 0 Å². The van der Waals surface area contributed by atoms with E-state index in [1.165, 1.54) is 26.7 Å². The van der Waals surface area contributed by atoms with Crippen molar-refractivity contribution in [3.8, 4) is 0 Å². The lowest BCUT2D eigenvalue weighted by Crippen LogP contribution is -2.20. The molecule has 0 bridgehead atoms. The Morgan fingerprint density at radius 2 is 1.75 bits per heavy atom. The van der Waals surface area contributed by atoms with E-state index in [0.717, 1.165) is 13.0 Å². The number of allylic oxidation sites excluding steroid dienone is 1. The van der Waals surface area contributed by atoms with Gasteiger partial charge in [0.1, 0.15) is 0 Å². The maximum Gasteiger partial charge on any atom is 0.0558 e. The molecule has 2 aromatic rings. The van der Waals surface area contributed by atoms with Crippen molar-refractivity contribution in [1.82, 2.24) is 0 Å². The molecule has 1 nitrogen and oxygen atoms in total. The van der Waals surface area contributed by atoms with Crippen LogP contribution in [0.4, 0.5) is 11.4 Å². The molecule has 100 valence electrons. The molecule has 0 aliphatic carbocycles. The van der Waals surface area contributed by atoms with E-state index in [1.807, 2.05) is 23.9 Å². The smallest absolute Gasteiger partial charge is 0.0558 e. The highest BCUT2D eigenvalue weighted by atomic mass is 32.2. The number of benzene rings is 2. The summed E-state index contributed by atoms with van der Waals surface area (Å²) in [4.78, 5) is 4.94. The number of nitrogens with zero attached hydrogens (tertiary/aromatic N) is 1. The van der Waals surface area contributed by atoms with Crippen molar-refractivity contribution in [2.75, 3.05) is 11.4 Å². The number of para-hydroxylation sites is 1. The number of fused-ring (bicyclic) bond motifs is 2. The second-order valence-electron chi connectivity index (χ2n) is 4.76. The summed E-state index contributed by atoms with van der Waals surface area (Å²) in [5.74, 6) is 0. The van der Waals surface area contributed by atoms with E-state index < -0.39 is 0 Å². The van der Waals surface area contributed by atoms with E-state index in [1.54, 1.807) is 0 Å². The van der Waals surface area contributed by atoms with Gasteiger partial charge in [-0.1, -0.05) is 42.1 Å². The first-order valence-electron chi connectivity index (χ1n) is 6.72. The monoisotopic (exact) mass is 279 g/mol. The molecular weight excluding hydrogens is 262 g/mol. The van der Waals surface area contributed by atoms with Crippen LogP contribution in [0.3, 0.4) is 0 Å². The minimum absolute atomic E-state index is 0.822. The summed E-state index contributed by atoms with van der Waals surface area (Å²) >= 11 is 1.84. The highest BCUT2D eigenvalue weighted by Crippen LogP contribution is 2.48. The van der Waals surface area contributed by atoms with Gasteiger partial charge in [-0.05, 0) is 36.2 Å². The second kappa shape index (κ2) is 5.59. The summed E-state index contributed by atoms with van der Waals surface area (Å²) in [6.07, 6.45) is 4.81. The van der Waals surface area contributed by atoms with Crippen molar-refractivity contribution >= 4 is 23.1 Å². The molecule has 0 spiro atoms. The van der Waals surface area contributed by atoms with Gasteiger partial charge in [-0.25, -0.2) is 0 Å². The Bertz CT molecular complexity index is 660. The van der Waals surface area contributed by atoms with Crippen molar-refractivity contribution in [1.29, 1.82) is 0 Å². The molecule has 3 rings (SSSR count). The van der Waals surface area contributed by atoms with Crippen LogP contribution in [0.5, 0.6) is 0 Å². The zero-order chi connectivity index (χ0) is 13.9. The molecule has 2 heteroatoms. The van der Waals surface area contributed by atoms with Gasteiger partial charge in [0, 0.05) is 16.3 Å².